The lowest BCUT2D eigenvalue weighted by atomic mass is 10.0. The van der Waals surface area contributed by atoms with E-state index in [4.69, 9.17) is 25.8 Å². The Hall–Kier alpha value is -3.51. The van der Waals surface area contributed by atoms with E-state index < -0.39 is 18.0 Å². The van der Waals surface area contributed by atoms with Crippen molar-refractivity contribution in [1.82, 2.24) is 0 Å². The Morgan fingerprint density at radius 3 is 2.52 bits per heavy atom. The maximum absolute atomic E-state index is 12.7. The van der Waals surface area contributed by atoms with E-state index >= 15 is 0 Å². The highest BCUT2D eigenvalue weighted by Gasteiger charge is 2.23. The Kier molecular flexibility index (Phi) is 6.09. The molecule has 0 aliphatic carbocycles. The van der Waals surface area contributed by atoms with Crippen LogP contribution in [-0.4, -0.2) is 31.2 Å². The second-order valence-electron chi connectivity index (χ2n) is 6.93. The van der Waals surface area contributed by atoms with Crippen molar-refractivity contribution in [3.63, 3.8) is 0 Å². The Bertz CT molecular complexity index is 1120. The molecular formula is C24H20ClNO5. The van der Waals surface area contributed by atoms with Crippen molar-refractivity contribution < 1.29 is 23.8 Å². The SMILES string of the molecule is CC(OC(=O)c1cc(Cl)c2c(c1)OCCO2)C(=O)Nc1ccccc1-c1ccccc1. The first-order chi connectivity index (χ1) is 15.0. The minimum absolute atomic E-state index is 0.179. The monoisotopic (exact) mass is 437 g/mol. The minimum atomic E-state index is -1.02. The topological polar surface area (TPSA) is 73.9 Å². The molecule has 3 aromatic carbocycles. The van der Waals surface area contributed by atoms with Gasteiger partial charge in [-0.3, -0.25) is 4.79 Å². The summed E-state index contributed by atoms with van der Waals surface area (Å²) in [5.41, 5.74) is 2.64. The molecule has 6 nitrogen and oxygen atoms in total. The number of amides is 1. The molecule has 0 spiro atoms. The van der Waals surface area contributed by atoms with Crippen molar-refractivity contribution in [3.8, 4) is 22.6 Å². The van der Waals surface area contributed by atoms with Crippen LogP contribution in [0.3, 0.4) is 0 Å². The zero-order chi connectivity index (χ0) is 21.8. The van der Waals surface area contributed by atoms with E-state index in [0.717, 1.165) is 11.1 Å². The second-order valence-corrected chi connectivity index (χ2v) is 7.34. The van der Waals surface area contributed by atoms with Gasteiger partial charge in [0.1, 0.15) is 13.2 Å². The highest BCUT2D eigenvalue weighted by molar-refractivity contribution is 6.32. The molecule has 7 heteroatoms. The molecule has 1 amide bonds. The van der Waals surface area contributed by atoms with Gasteiger partial charge in [0, 0.05) is 11.3 Å². The van der Waals surface area contributed by atoms with Crippen molar-refractivity contribution in [3.05, 3.63) is 77.3 Å². The zero-order valence-corrected chi connectivity index (χ0v) is 17.5. The lowest BCUT2D eigenvalue weighted by molar-refractivity contribution is -0.123. The highest BCUT2D eigenvalue weighted by atomic mass is 35.5. The van der Waals surface area contributed by atoms with Crippen LogP contribution in [-0.2, 0) is 9.53 Å². The van der Waals surface area contributed by atoms with Crippen molar-refractivity contribution in [1.29, 1.82) is 0 Å². The number of carbonyl (C=O) groups excluding carboxylic acids is 2. The molecule has 158 valence electrons. The smallest absolute Gasteiger partial charge is 0.339 e. The van der Waals surface area contributed by atoms with Gasteiger partial charge >= 0.3 is 5.97 Å². The Morgan fingerprint density at radius 2 is 1.71 bits per heavy atom. The van der Waals surface area contributed by atoms with E-state index in [0.29, 0.717) is 30.4 Å². The molecule has 1 aliphatic rings. The van der Waals surface area contributed by atoms with Gasteiger partial charge in [-0.2, -0.15) is 0 Å². The molecule has 3 aromatic rings. The Morgan fingerprint density at radius 1 is 1.00 bits per heavy atom. The summed E-state index contributed by atoms with van der Waals surface area (Å²) in [6.07, 6.45) is -1.02. The van der Waals surface area contributed by atoms with Gasteiger partial charge in [0.15, 0.2) is 17.6 Å². The molecule has 1 heterocycles. The fourth-order valence-electron chi connectivity index (χ4n) is 3.21. The summed E-state index contributed by atoms with van der Waals surface area (Å²) in [7, 11) is 0. The maximum Gasteiger partial charge on any atom is 0.339 e. The molecule has 1 aliphatic heterocycles. The largest absolute Gasteiger partial charge is 0.486 e. The highest BCUT2D eigenvalue weighted by Crippen LogP contribution is 2.38. The molecule has 1 unspecified atom stereocenters. The van der Waals surface area contributed by atoms with Gasteiger partial charge in [-0.15, -0.1) is 0 Å². The fraction of sp³-hybridized carbons (Fsp3) is 0.167. The summed E-state index contributed by atoms with van der Waals surface area (Å²) in [6, 6.07) is 20.1. The number of halogens is 1. The standard InChI is InChI=1S/C24H20ClNO5/c1-15(31-24(28)17-13-19(25)22-21(14-17)29-11-12-30-22)23(27)26-20-10-6-5-9-18(20)16-7-3-2-4-8-16/h2-10,13-15H,11-12H2,1H3,(H,26,27). The molecular weight excluding hydrogens is 418 g/mol. The Balaban J connectivity index is 1.46. The lowest BCUT2D eigenvalue weighted by Gasteiger charge is -2.20. The molecule has 0 saturated carbocycles. The van der Waals surface area contributed by atoms with Crippen LogP contribution in [0.4, 0.5) is 5.69 Å². The van der Waals surface area contributed by atoms with Crippen molar-refractivity contribution >= 4 is 29.2 Å². The molecule has 0 saturated heterocycles. The molecule has 0 fully saturated rings. The number of rotatable bonds is 5. The maximum atomic E-state index is 12.7. The van der Waals surface area contributed by atoms with E-state index in [1.807, 2.05) is 48.5 Å². The zero-order valence-electron chi connectivity index (χ0n) is 16.8. The van der Waals surface area contributed by atoms with Crippen molar-refractivity contribution in [2.45, 2.75) is 13.0 Å². The number of carbonyl (C=O) groups is 2. The van der Waals surface area contributed by atoms with Gasteiger partial charge < -0.3 is 19.5 Å². The van der Waals surface area contributed by atoms with Crippen LogP contribution in [0.25, 0.3) is 11.1 Å². The summed E-state index contributed by atoms with van der Waals surface area (Å²) in [5.74, 6) is -0.356. The van der Waals surface area contributed by atoms with Crippen LogP contribution in [0, 0.1) is 0 Å². The first-order valence-corrected chi connectivity index (χ1v) is 10.2. The van der Waals surface area contributed by atoms with Crippen molar-refractivity contribution in [2.24, 2.45) is 0 Å². The normalized spacial score (nSPS) is 13.2. The second kappa shape index (κ2) is 9.10. The van der Waals surface area contributed by atoms with Crippen LogP contribution in [0.2, 0.25) is 5.02 Å². The van der Waals surface area contributed by atoms with Gasteiger partial charge in [0.25, 0.3) is 5.91 Å². The van der Waals surface area contributed by atoms with Gasteiger partial charge in [0.2, 0.25) is 0 Å². The van der Waals surface area contributed by atoms with E-state index in [9.17, 15) is 9.59 Å². The van der Waals surface area contributed by atoms with E-state index in [2.05, 4.69) is 5.32 Å². The summed E-state index contributed by atoms with van der Waals surface area (Å²) in [4.78, 5) is 25.3. The number of anilines is 1. The number of benzene rings is 3. The summed E-state index contributed by atoms with van der Waals surface area (Å²) < 4.78 is 16.3. The number of hydrogen-bond acceptors (Lipinski definition) is 5. The third kappa shape index (κ3) is 4.64. The minimum Gasteiger partial charge on any atom is -0.486 e. The summed E-state index contributed by atoms with van der Waals surface area (Å²) in [6.45, 7) is 2.26. The predicted molar refractivity (Wildman–Crippen MR) is 118 cm³/mol. The lowest BCUT2D eigenvalue weighted by Crippen LogP contribution is -2.30. The third-order valence-corrected chi connectivity index (χ3v) is 5.04. The van der Waals surface area contributed by atoms with E-state index in [1.54, 1.807) is 6.07 Å². The van der Waals surface area contributed by atoms with Gasteiger partial charge in [-0.25, -0.2) is 4.79 Å². The number of hydrogen-bond donors (Lipinski definition) is 1. The number of esters is 1. The predicted octanol–water partition coefficient (Wildman–Crippen LogP) is 4.96. The molecule has 0 bridgehead atoms. The van der Waals surface area contributed by atoms with E-state index in [1.165, 1.54) is 19.1 Å². The Labute approximate surface area is 184 Å². The number of fused-ring (bicyclic) bond motifs is 1. The molecule has 0 aromatic heterocycles. The number of para-hydroxylation sites is 1. The average molecular weight is 438 g/mol. The summed E-state index contributed by atoms with van der Waals surface area (Å²) >= 11 is 6.18. The molecule has 0 radical (unpaired) electrons. The third-order valence-electron chi connectivity index (χ3n) is 4.76. The number of ether oxygens (including phenoxy) is 3. The van der Waals surface area contributed by atoms with Crippen LogP contribution in [0.1, 0.15) is 17.3 Å². The van der Waals surface area contributed by atoms with Crippen LogP contribution >= 0.6 is 11.6 Å². The van der Waals surface area contributed by atoms with Gasteiger partial charge in [-0.1, -0.05) is 60.1 Å². The van der Waals surface area contributed by atoms with E-state index in [-0.39, 0.29) is 10.6 Å². The molecule has 1 N–H and O–H groups in total. The fourth-order valence-corrected chi connectivity index (χ4v) is 3.47. The van der Waals surface area contributed by atoms with Crippen molar-refractivity contribution in [2.75, 3.05) is 18.5 Å². The van der Waals surface area contributed by atoms with Gasteiger partial charge in [0.05, 0.1) is 10.6 Å². The first-order valence-electron chi connectivity index (χ1n) is 9.78. The number of nitrogens with one attached hydrogen (secondary N) is 1. The summed E-state index contributed by atoms with van der Waals surface area (Å²) in [5, 5.41) is 3.09. The average Bonchev–Trinajstić information content (AvgIpc) is 2.80. The van der Waals surface area contributed by atoms with Crippen LogP contribution in [0.5, 0.6) is 11.5 Å². The molecule has 1 atom stereocenters. The quantitative estimate of drug-likeness (QED) is 0.571. The van der Waals surface area contributed by atoms with Gasteiger partial charge in [-0.05, 0) is 30.7 Å². The molecule has 4 rings (SSSR count). The molecule has 31 heavy (non-hydrogen) atoms. The first kappa shape index (κ1) is 20.8. The van der Waals surface area contributed by atoms with Crippen LogP contribution < -0.4 is 14.8 Å². The van der Waals surface area contributed by atoms with Crippen LogP contribution in [0.15, 0.2) is 66.7 Å².